The molecule has 2 aliphatic rings. The van der Waals surface area contributed by atoms with Crippen molar-refractivity contribution in [2.45, 2.75) is 32.0 Å². The molecule has 7 nitrogen and oxygen atoms in total. The predicted molar refractivity (Wildman–Crippen MR) is 109 cm³/mol. The summed E-state index contributed by atoms with van der Waals surface area (Å²) in [6, 6.07) is 10.4. The van der Waals surface area contributed by atoms with Crippen LogP contribution >= 0.6 is 0 Å². The van der Waals surface area contributed by atoms with Crippen LogP contribution in [0, 0.1) is 12.4 Å². The van der Waals surface area contributed by atoms with Gasteiger partial charge in [-0.2, -0.15) is 0 Å². The number of nitrogens with one attached hydrogen (secondary N) is 2. The summed E-state index contributed by atoms with van der Waals surface area (Å²) < 4.78 is 20.3. The number of nitrogens with zero attached hydrogens (tertiary/aromatic N) is 2. The molecule has 0 saturated carbocycles. The highest BCUT2D eigenvalue weighted by atomic mass is 19.1. The summed E-state index contributed by atoms with van der Waals surface area (Å²) in [4.78, 5) is 28.3. The fourth-order valence-corrected chi connectivity index (χ4v) is 3.99. The number of cyclic esters (lactones) is 1. The number of carbonyl (C=O) groups excluding carboxylic acids is 2. The number of fused-ring (bicyclic) bond motifs is 3. The number of hydrogen-bond acceptors (Lipinski definition) is 4. The first-order valence-corrected chi connectivity index (χ1v) is 9.68. The molecule has 2 atom stereocenters. The number of hydrogen-bond donors (Lipinski definition) is 2. The number of ether oxygens (including phenoxy) is 1. The van der Waals surface area contributed by atoms with Gasteiger partial charge in [-0.15, -0.1) is 0 Å². The quantitative estimate of drug-likeness (QED) is 0.569. The van der Waals surface area contributed by atoms with Gasteiger partial charge in [0.2, 0.25) is 5.91 Å². The first kappa shape index (κ1) is 19.9. The van der Waals surface area contributed by atoms with Gasteiger partial charge in [-0.05, 0) is 35.2 Å². The van der Waals surface area contributed by atoms with E-state index in [-0.39, 0.29) is 25.2 Å². The van der Waals surface area contributed by atoms with Crippen LogP contribution in [0.2, 0.25) is 0 Å². The maximum atomic E-state index is 14.9. The lowest BCUT2D eigenvalue weighted by atomic mass is 9.98. The van der Waals surface area contributed by atoms with E-state index in [0.29, 0.717) is 24.2 Å². The Morgan fingerprint density at radius 3 is 2.80 bits per heavy atom. The van der Waals surface area contributed by atoms with Crippen molar-refractivity contribution >= 4 is 17.7 Å². The molecule has 2 N–H and O–H groups in total. The van der Waals surface area contributed by atoms with E-state index in [1.165, 1.54) is 17.9 Å². The number of halogens is 1. The molecule has 0 spiro atoms. The third-order valence-electron chi connectivity index (χ3n) is 5.40. The predicted octanol–water partition coefficient (Wildman–Crippen LogP) is 2.85. The van der Waals surface area contributed by atoms with Gasteiger partial charge in [0.15, 0.2) is 0 Å². The molecule has 2 aromatic rings. The first-order valence-electron chi connectivity index (χ1n) is 9.68. The van der Waals surface area contributed by atoms with Crippen molar-refractivity contribution < 1.29 is 18.7 Å². The largest absolute Gasteiger partial charge is 0.442 e. The van der Waals surface area contributed by atoms with Crippen molar-refractivity contribution in [2.75, 3.05) is 18.1 Å². The highest BCUT2D eigenvalue weighted by Gasteiger charge is 2.47. The second kappa shape index (κ2) is 8.13. The Morgan fingerprint density at radius 2 is 2.10 bits per heavy atom. The summed E-state index contributed by atoms with van der Waals surface area (Å²) in [5.41, 5.74) is 3.63. The van der Waals surface area contributed by atoms with Gasteiger partial charge in [0.1, 0.15) is 11.9 Å². The molecule has 2 aromatic carbocycles. The Labute approximate surface area is 173 Å². The number of anilines is 1. The average molecular weight is 408 g/mol. The zero-order valence-electron chi connectivity index (χ0n) is 16.4. The van der Waals surface area contributed by atoms with E-state index in [2.05, 4.69) is 15.5 Å². The maximum absolute atomic E-state index is 14.9. The van der Waals surface area contributed by atoms with E-state index in [9.17, 15) is 14.0 Å². The van der Waals surface area contributed by atoms with Gasteiger partial charge in [-0.1, -0.05) is 24.3 Å². The molecule has 2 amide bonds. The van der Waals surface area contributed by atoms with Crippen molar-refractivity contribution in [3.63, 3.8) is 0 Å². The van der Waals surface area contributed by atoms with Crippen molar-refractivity contribution in [3.05, 3.63) is 64.8 Å². The van der Waals surface area contributed by atoms with Gasteiger partial charge < -0.3 is 10.1 Å². The number of benzene rings is 2. The molecule has 2 heterocycles. The molecule has 30 heavy (non-hydrogen) atoms. The minimum Gasteiger partial charge on any atom is -0.442 e. The highest BCUT2D eigenvalue weighted by molar-refractivity contribution is 5.94. The molecule has 0 unspecified atom stereocenters. The van der Waals surface area contributed by atoms with Gasteiger partial charge in [0.25, 0.3) is 6.67 Å². The summed E-state index contributed by atoms with van der Waals surface area (Å²) in [5, 5.41) is 5.68. The third kappa shape index (κ3) is 3.72. The Morgan fingerprint density at radius 1 is 1.33 bits per heavy atom. The van der Waals surface area contributed by atoms with Gasteiger partial charge >= 0.3 is 6.09 Å². The van der Waals surface area contributed by atoms with Gasteiger partial charge in [-0.25, -0.2) is 21.1 Å². The fraction of sp³-hybridized carbons (Fsp3) is 0.318. The maximum Gasteiger partial charge on any atom is 0.415 e. The Balaban J connectivity index is 1.56. The molecular formula is C22H21FN4O3. The van der Waals surface area contributed by atoms with Gasteiger partial charge in [-0.3, -0.25) is 14.5 Å². The lowest BCUT2D eigenvalue weighted by Crippen LogP contribution is -2.40. The topological polar surface area (TPSA) is 75.0 Å². The average Bonchev–Trinajstić information content (AvgIpc) is 3.23. The van der Waals surface area contributed by atoms with Gasteiger partial charge in [0.05, 0.1) is 18.3 Å². The van der Waals surface area contributed by atoms with E-state index in [1.807, 2.05) is 24.3 Å². The molecule has 1 fully saturated rings. The Bertz CT molecular complexity index is 1030. The minimum absolute atomic E-state index is 0.193. The fourth-order valence-electron chi connectivity index (χ4n) is 3.99. The first-order chi connectivity index (χ1) is 14.5. The zero-order valence-corrected chi connectivity index (χ0v) is 16.4. The molecule has 4 rings (SSSR count). The van der Waals surface area contributed by atoms with Crippen LogP contribution in [0.3, 0.4) is 0 Å². The summed E-state index contributed by atoms with van der Waals surface area (Å²) in [6.45, 7) is 9.25. The second-order valence-corrected chi connectivity index (χ2v) is 7.40. The van der Waals surface area contributed by atoms with Gasteiger partial charge in [0, 0.05) is 19.0 Å². The van der Waals surface area contributed by atoms with E-state index in [4.69, 9.17) is 11.3 Å². The molecule has 0 radical (unpaired) electrons. The third-order valence-corrected chi connectivity index (χ3v) is 5.40. The van der Waals surface area contributed by atoms with Crippen LogP contribution in [0.4, 0.5) is 14.9 Å². The lowest BCUT2D eigenvalue weighted by molar-refractivity contribution is -0.119. The van der Waals surface area contributed by atoms with Crippen LogP contribution in [0.5, 0.6) is 0 Å². The van der Waals surface area contributed by atoms with Crippen LogP contribution in [0.1, 0.15) is 18.1 Å². The highest BCUT2D eigenvalue weighted by Crippen LogP contribution is 2.41. The van der Waals surface area contributed by atoms with E-state index in [0.717, 1.165) is 16.7 Å². The number of rotatable bonds is 6. The smallest absolute Gasteiger partial charge is 0.415 e. The SMILES string of the molecule is [C-]#[N+]CNCc1ccc(-c2cc3c(cc2F)N2C(=O)O[C@@H](CNC(C)=O)[C@@H]2C3)cc1. The summed E-state index contributed by atoms with van der Waals surface area (Å²) in [6.07, 6.45) is -0.447. The summed E-state index contributed by atoms with van der Waals surface area (Å²) >= 11 is 0. The van der Waals surface area contributed by atoms with E-state index < -0.39 is 18.0 Å². The summed E-state index contributed by atoms with van der Waals surface area (Å²) in [5.74, 6) is -0.604. The lowest BCUT2D eigenvalue weighted by Gasteiger charge is -2.16. The molecule has 0 bridgehead atoms. The normalized spacial score (nSPS) is 19.1. The van der Waals surface area contributed by atoms with Crippen LogP contribution in [-0.4, -0.2) is 37.4 Å². The Kier molecular flexibility index (Phi) is 5.38. The monoisotopic (exact) mass is 408 g/mol. The molecule has 0 aliphatic carbocycles. The van der Waals surface area contributed by atoms with E-state index >= 15 is 0 Å². The Hall–Kier alpha value is -3.44. The molecule has 2 aliphatic heterocycles. The molecule has 154 valence electrons. The van der Waals surface area contributed by atoms with E-state index in [1.54, 1.807) is 6.07 Å². The zero-order chi connectivity index (χ0) is 21.3. The minimum atomic E-state index is -0.516. The van der Waals surface area contributed by atoms with Crippen molar-refractivity contribution in [2.24, 2.45) is 0 Å². The molecule has 8 heteroatoms. The van der Waals surface area contributed by atoms with Crippen LogP contribution < -0.4 is 15.5 Å². The van der Waals surface area contributed by atoms with Crippen LogP contribution in [-0.2, 0) is 22.5 Å². The van der Waals surface area contributed by atoms with Crippen LogP contribution in [0.25, 0.3) is 16.0 Å². The van der Waals surface area contributed by atoms with Crippen molar-refractivity contribution in [3.8, 4) is 11.1 Å². The molecular weight excluding hydrogens is 387 g/mol. The standard InChI is InChI=1S/C22H21FN4O3/c1-13(28)26-11-21-20-8-16-7-17(18(23)9-19(16)27(20)22(29)30-21)15-5-3-14(4-6-15)10-25-12-24-2/h3-7,9,20-21,25H,8,10-12H2,1H3,(H,26,28)/t20-,21-/m0/s1. The number of carbonyl (C=O) groups is 2. The van der Waals surface area contributed by atoms with Crippen LogP contribution in [0.15, 0.2) is 36.4 Å². The molecule has 1 saturated heterocycles. The second-order valence-electron chi connectivity index (χ2n) is 7.40. The summed E-state index contributed by atoms with van der Waals surface area (Å²) in [7, 11) is 0. The molecule has 0 aromatic heterocycles. The number of amides is 2. The van der Waals surface area contributed by atoms with Crippen molar-refractivity contribution in [1.29, 1.82) is 0 Å². The van der Waals surface area contributed by atoms with Crippen molar-refractivity contribution in [1.82, 2.24) is 10.6 Å².